The van der Waals surface area contributed by atoms with Gasteiger partial charge in [0.05, 0.1) is 52.3 Å². The van der Waals surface area contributed by atoms with E-state index < -0.39 is 11.9 Å². The summed E-state index contributed by atoms with van der Waals surface area (Å²) < 4.78 is 15.3. The van der Waals surface area contributed by atoms with Crippen LogP contribution in [0.3, 0.4) is 0 Å². The van der Waals surface area contributed by atoms with Gasteiger partial charge in [0, 0.05) is 55.2 Å². The molecule has 3 saturated heterocycles. The van der Waals surface area contributed by atoms with Crippen LogP contribution in [0.4, 0.5) is 16.6 Å². The molecular formula is C54H53N9O8S. The molecule has 4 N–H and O–H groups in total. The summed E-state index contributed by atoms with van der Waals surface area (Å²) in [5.74, 6) is -1.56. The Labute approximate surface area is 418 Å². The molecule has 7 heterocycles. The second kappa shape index (κ2) is 19.6. The lowest BCUT2D eigenvalue weighted by molar-refractivity contribution is -0.134. The highest BCUT2D eigenvalue weighted by Crippen LogP contribution is 2.39. The summed E-state index contributed by atoms with van der Waals surface area (Å²) in [6.45, 7) is 3.81. The molecule has 4 atom stereocenters. The third-order valence-corrected chi connectivity index (χ3v) is 15.6. The first-order valence-corrected chi connectivity index (χ1v) is 25.2. The molecule has 0 aliphatic carbocycles. The Bertz CT molecular complexity index is 3270. The molecule has 1 unspecified atom stereocenters. The van der Waals surface area contributed by atoms with E-state index in [2.05, 4.69) is 30.9 Å². The summed E-state index contributed by atoms with van der Waals surface area (Å²) in [6.07, 6.45) is 4.91. The summed E-state index contributed by atoms with van der Waals surface area (Å²) in [5.41, 5.74) is 7.12. The van der Waals surface area contributed by atoms with Crippen LogP contribution in [0.2, 0.25) is 0 Å². The van der Waals surface area contributed by atoms with Gasteiger partial charge < -0.3 is 24.8 Å². The first kappa shape index (κ1) is 46.8. The van der Waals surface area contributed by atoms with Crippen LogP contribution in [-0.2, 0) is 39.1 Å². The van der Waals surface area contributed by atoms with Crippen LogP contribution < -0.4 is 25.6 Å². The number of carbonyl (C=O) groups excluding carboxylic acids is 4. The zero-order chi connectivity index (χ0) is 49.6. The Morgan fingerprint density at radius 3 is 2.47 bits per heavy atom. The SMILES string of the molecule is Cc1c(OCCO[C@@H]2C[C@H]3CC[C@@H](C2)N3CC(=O)Nc2cccc3c(C4CCC(=O)NC4=O)nn(C)c23)cccc1-c1ccc(N2CCc3cccc(C(=O)Nc4nc5ccccc5s4)c3C2)nc1C(=O)O. The molecule has 0 saturated carbocycles. The van der Waals surface area contributed by atoms with Gasteiger partial charge in [-0.2, -0.15) is 5.10 Å². The van der Waals surface area contributed by atoms with Gasteiger partial charge in [0.1, 0.15) is 18.2 Å². The number of fused-ring (bicyclic) bond motifs is 5. The minimum atomic E-state index is -1.15. The molecule has 4 amide bonds. The lowest BCUT2D eigenvalue weighted by atomic mass is 9.92. The molecule has 0 radical (unpaired) electrons. The van der Waals surface area contributed by atoms with Gasteiger partial charge in [-0.25, -0.2) is 14.8 Å². The molecule has 3 aromatic heterocycles. The number of para-hydroxylation sites is 2. The average Bonchev–Trinajstić information content (AvgIpc) is 4.01. The maximum atomic E-state index is 13.7. The molecule has 72 heavy (non-hydrogen) atoms. The number of aromatic carboxylic acids is 1. The lowest BCUT2D eigenvalue weighted by Gasteiger charge is -2.38. The Balaban J connectivity index is 0.693. The van der Waals surface area contributed by atoms with Crippen molar-refractivity contribution >= 4 is 78.7 Å². The second-order valence-corrected chi connectivity index (χ2v) is 20.0. The second-order valence-electron chi connectivity index (χ2n) is 19.0. The summed E-state index contributed by atoms with van der Waals surface area (Å²) in [6, 6.07) is 28.7. The lowest BCUT2D eigenvalue weighted by Crippen LogP contribution is -2.48. The molecule has 3 fully saturated rings. The largest absolute Gasteiger partial charge is 0.491 e. The number of ether oxygens (including phenoxy) is 2. The minimum absolute atomic E-state index is 0.0241. The summed E-state index contributed by atoms with van der Waals surface area (Å²) in [5, 5.41) is 25.0. The van der Waals surface area contributed by atoms with Crippen molar-refractivity contribution < 1.29 is 38.6 Å². The quantitative estimate of drug-likeness (QED) is 0.0612. The number of thiazole rings is 1. The number of carboxylic acids is 1. The van der Waals surface area contributed by atoms with E-state index in [4.69, 9.17) is 14.5 Å². The fraction of sp³-hybridized carbons (Fsp3) is 0.333. The molecular weight excluding hydrogens is 935 g/mol. The first-order chi connectivity index (χ1) is 34.9. The number of aromatic nitrogens is 4. The summed E-state index contributed by atoms with van der Waals surface area (Å²) >= 11 is 1.42. The van der Waals surface area contributed by atoms with E-state index in [-0.39, 0.29) is 60.5 Å². The topological polar surface area (TPSA) is 210 Å². The Hall–Kier alpha value is -7.54. The van der Waals surface area contributed by atoms with Crippen molar-refractivity contribution in [3.63, 3.8) is 0 Å². The van der Waals surface area contributed by atoms with Crippen LogP contribution in [0, 0.1) is 6.92 Å². The number of hydrogen-bond acceptors (Lipinski definition) is 13. The number of nitrogens with one attached hydrogen (secondary N) is 3. The molecule has 17 nitrogen and oxygen atoms in total. The molecule has 2 bridgehead atoms. The number of aryl methyl sites for hydroxylation is 1. The smallest absolute Gasteiger partial charge is 0.355 e. The maximum Gasteiger partial charge on any atom is 0.355 e. The molecule has 0 spiro atoms. The van der Waals surface area contributed by atoms with E-state index >= 15 is 0 Å². The van der Waals surface area contributed by atoms with Crippen LogP contribution in [0.15, 0.2) is 91.0 Å². The van der Waals surface area contributed by atoms with E-state index in [1.165, 1.54) is 11.3 Å². The van der Waals surface area contributed by atoms with E-state index in [0.717, 1.165) is 63.5 Å². The van der Waals surface area contributed by atoms with Crippen molar-refractivity contribution in [3.8, 4) is 16.9 Å². The highest BCUT2D eigenvalue weighted by atomic mass is 32.1. The molecule has 4 aromatic carbocycles. The molecule has 368 valence electrons. The predicted molar refractivity (Wildman–Crippen MR) is 273 cm³/mol. The number of carbonyl (C=O) groups is 5. The Kier molecular flexibility index (Phi) is 12.7. The van der Waals surface area contributed by atoms with Gasteiger partial charge in [-0.3, -0.25) is 39.4 Å². The number of amides is 4. The maximum absolute atomic E-state index is 13.7. The number of benzene rings is 4. The number of anilines is 3. The van der Waals surface area contributed by atoms with E-state index in [9.17, 15) is 29.1 Å². The number of nitrogens with zero attached hydrogens (tertiary/aromatic N) is 6. The van der Waals surface area contributed by atoms with Crippen molar-refractivity contribution in [3.05, 3.63) is 125 Å². The Morgan fingerprint density at radius 1 is 0.861 bits per heavy atom. The minimum Gasteiger partial charge on any atom is -0.491 e. The fourth-order valence-electron chi connectivity index (χ4n) is 11.2. The number of piperidine rings is 2. The molecule has 4 aliphatic rings. The molecule has 11 rings (SSSR count). The molecule has 7 aromatic rings. The number of pyridine rings is 1. The van der Waals surface area contributed by atoms with E-state index in [1.807, 2.05) is 96.8 Å². The Morgan fingerprint density at radius 2 is 1.67 bits per heavy atom. The highest BCUT2D eigenvalue weighted by Gasteiger charge is 2.42. The first-order valence-electron chi connectivity index (χ1n) is 24.4. The van der Waals surface area contributed by atoms with Gasteiger partial charge in [0.25, 0.3) is 5.91 Å². The van der Waals surface area contributed by atoms with Crippen LogP contribution in [0.1, 0.15) is 87.7 Å². The van der Waals surface area contributed by atoms with Crippen LogP contribution in [0.25, 0.3) is 32.2 Å². The van der Waals surface area contributed by atoms with Crippen molar-refractivity contribution in [1.82, 2.24) is 30.0 Å². The van der Waals surface area contributed by atoms with Crippen molar-refractivity contribution in [2.45, 2.75) is 82.5 Å². The van der Waals surface area contributed by atoms with Gasteiger partial charge in [0.15, 0.2) is 10.8 Å². The summed E-state index contributed by atoms with van der Waals surface area (Å²) in [4.78, 5) is 78.2. The third kappa shape index (κ3) is 9.16. The van der Waals surface area contributed by atoms with Crippen LogP contribution >= 0.6 is 11.3 Å². The highest BCUT2D eigenvalue weighted by molar-refractivity contribution is 7.22. The zero-order valence-electron chi connectivity index (χ0n) is 39.9. The van der Waals surface area contributed by atoms with Gasteiger partial charge in [0.2, 0.25) is 17.7 Å². The standard InChI is InChI=1S/C54H53N9O8S/c1-30-35(36-18-20-45(57-49(36)53(68)69)62-23-22-31-8-5-10-37(40(31)28-62)51(66)59-54-56-41-12-3-4-15-44(41)72-54)9-7-14-43(30)71-25-24-70-34-26-32-16-17-33(27-34)63(32)29-47(65)55-42-13-6-11-38-48(60-61(2)50(38)42)39-19-21-46(64)58-52(39)67/h3-15,18,20,32-34,39H,16-17,19,21-29H2,1-2H3,(H,55,65)(H,68,69)(H,56,59,66)(H,58,64,67)/t32-,33+,34-,39?. The van der Waals surface area contributed by atoms with Gasteiger partial charge >= 0.3 is 5.97 Å². The average molecular weight is 988 g/mol. The van der Waals surface area contributed by atoms with Gasteiger partial charge in [-0.15, -0.1) is 0 Å². The normalized spacial score (nSPS) is 19.8. The number of imide groups is 1. The predicted octanol–water partition coefficient (Wildman–Crippen LogP) is 7.62. The van der Waals surface area contributed by atoms with E-state index in [1.54, 1.807) is 17.8 Å². The summed E-state index contributed by atoms with van der Waals surface area (Å²) in [7, 11) is 1.79. The van der Waals surface area contributed by atoms with Crippen molar-refractivity contribution in [1.29, 1.82) is 0 Å². The van der Waals surface area contributed by atoms with Crippen LogP contribution in [-0.4, -0.2) is 104 Å². The third-order valence-electron chi connectivity index (χ3n) is 14.6. The monoisotopic (exact) mass is 987 g/mol. The van der Waals surface area contributed by atoms with Gasteiger partial charge in [-0.05, 0) is 110 Å². The number of rotatable bonds is 14. The zero-order valence-corrected chi connectivity index (χ0v) is 40.7. The molecule has 18 heteroatoms. The van der Waals surface area contributed by atoms with E-state index in [0.29, 0.717) is 83.9 Å². The van der Waals surface area contributed by atoms with Crippen LogP contribution in [0.5, 0.6) is 5.75 Å². The van der Waals surface area contributed by atoms with Crippen molar-refractivity contribution in [2.24, 2.45) is 7.05 Å². The molecule has 4 aliphatic heterocycles. The van der Waals surface area contributed by atoms with Crippen molar-refractivity contribution in [2.75, 3.05) is 41.8 Å². The number of hydrogen-bond donors (Lipinski definition) is 4. The van der Waals surface area contributed by atoms with Gasteiger partial charge in [-0.1, -0.05) is 59.9 Å². The fourth-order valence-corrected chi connectivity index (χ4v) is 12.0. The number of carboxylic acid groups (broad SMARTS) is 1.